The van der Waals surface area contributed by atoms with Crippen molar-refractivity contribution in [2.24, 2.45) is 0 Å². The van der Waals surface area contributed by atoms with Gasteiger partial charge in [-0.05, 0) is 30.5 Å². The Morgan fingerprint density at radius 3 is 2.75 bits per heavy atom. The van der Waals surface area contributed by atoms with Crippen LogP contribution in [0.4, 0.5) is 10.2 Å². The first kappa shape index (κ1) is 22.2. The summed E-state index contributed by atoms with van der Waals surface area (Å²) in [7, 11) is 0. The van der Waals surface area contributed by atoms with Gasteiger partial charge in [-0.15, -0.1) is 6.58 Å². The molecule has 3 aromatic heterocycles. The van der Waals surface area contributed by atoms with Crippen molar-refractivity contribution in [3.63, 3.8) is 0 Å². The number of hydrogen-bond acceptors (Lipinski definition) is 6. The summed E-state index contributed by atoms with van der Waals surface area (Å²) in [6.07, 6.45) is 4.74. The molecule has 0 aliphatic carbocycles. The second-order valence-electron chi connectivity index (χ2n) is 8.73. The van der Waals surface area contributed by atoms with Crippen LogP contribution in [-0.2, 0) is 4.74 Å². The number of anilines is 1. The number of aromatic amines is 1. The van der Waals surface area contributed by atoms with Gasteiger partial charge in [-0.3, -0.25) is 9.13 Å². The molecule has 1 fully saturated rings. The maximum atomic E-state index is 14.1. The Labute approximate surface area is 205 Å². The van der Waals surface area contributed by atoms with Crippen LogP contribution in [0.1, 0.15) is 30.5 Å². The summed E-state index contributed by atoms with van der Waals surface area (Å²) in [5, 5.41) is 3.41. The van der Waals surface area contributed by atoms with E-state index in [0.29, 0.717) is 54.1 Å². The highest BCUT2D eigenvalue weighted by atomic mass is 19.1. The number of benzene rings is 2. The van der Waals surface area contributed by atoms with E-state index in [1.165, 1.54) is 12.1 Å². The number of rotatable bonds is 6. The number of nitrogens with one attached hydrogen (secondary N) is 2. The highest BCUT2D eigenvalue weighted by molar-refractivity contribution is 5.85. The summed E-state index contributed by atoms with van der Waals surface area (Å²) < 4.78 is 22.9. The van der Waals surface area contributed by atoms with Crippen LogP contribution < -0.4 is 11.0 Å². The van der Waals surface area contributed by atoms with Crippen molar-refractivity contribution >= 4 is 28.0 Å². The number of imidazole rings is 2. The SMILES string of the molecule is C=C[C@H](Nc1nc(-n2cnc3ccc(F)cc32)nc2c1[nH]c(=O)n2C1CCOCC1)c1ccccc1. The summed E-state index contributed by atoms with van der Waals surface area (Å²) in [6, 6.07) is 13.8. The molecule has 4 heterocycles. The van der Waals surface area contributed by atoms with E-state index in [4.69, 9.17) is 14.7 Å². The van der Waals surface area contributed by atoms with Crippen LogP contribution in [0.5, 0.6) is 0 Å². The van der Waals surface area contributed by atoms with Crippen LogP contribution in [0.15, 0.2) is 72.3 Å². The van der Waals surface area contributed by atoms with Gasteiger partial charge < -0.3 is 15.0 Å². The van der Waals surface area contributed by atoms with Gasteiger partial charge in [0.15, 0.2) is 11.5 Å². The first-order valence-electron chi connectivity index (χ1n) is 11.8. The molecule has 6 rings (SSSR count). The van der Waals surface area contributed by atoms with Crippen molar-refractivity contribution in [1.29, 1.82) is 0 Å². The Morgan fingerprint density at radius 2 is 1.97 bits per heavy atom. The summed E-state index contributed by atoms with van der Waals surface area (Å²) in [5.41, 5.74) is 2.82. The average Bonchev–Trinajstić information content (AvgIpc) is 3.48. The maximum Gasteiger partial charge on any atom is 0.328 e. The van der Waals surface area contributed by atoms with Crippen molar-refractivity contribution in [2.45, 2.75) is 24.9 Å². The van der Waals surface area contributed by atoms with Gasteiger partial charge in [-0.25, -0.2) is 14.2 Å². The van der Waals surface area contributed by atoms with Crippen LogP contribution in [0.2, 0.25) is 0 Å². The van der Waals surface area contributed by atoms with Crippen LogP contribution >= 0.6 is 0 Å². The number of fused-ring (bicyclic) bond motifs is 2. The molecule has 1 saturated heterocycles. The van der Waals surface area contributed by atoms with E-state index in [1.54, 1.807) is 27.6 Å². The lowest BCUT2D eigenvalue weighted by Gasteiger charge is -2.23. The molecule has 0 unspecified atom stereocenters. The van der Waals surface area contributed by atoms with Gasteiger partial charge in [-0.2, -0.15) is 9.97 Å². The Hall–Kier alpha value is -4.31. The van der Waals surface area contributed by atoms with E-state index < -0.39 is 0 Å². The monoisotopic (exact) mass is 485 g/mol. The lowest BCUT2D eigenvalue weighted by atomic mass is 10.1. The number of nitrogens with zero attached hydrogens (tertiary/aromatic N) is 5. The molecule has 1 aliphatic rings. The molecule has 1 atom stereocenters. The molecule has 0 saturated carbocycles. The Bertz CT molecular complexity index is 1620. The number of aromatic nitrogens is 6. The van der Waals surface area contributed by atoms with Gasteiger partial charge in [-0.1, -0.05) is 36.4 Å². The van der Waals surface area contributed by atoms with Crippen molar-refractivity contribution < 1.29 is 9.13 Å². The van der Waals surface area contributed by atoms with Crippen LogP contribution in [0, 0.1) is 5.82 Å². The zero-order chi connectivity index (χ0) is 24.6. The highest BCUT2D eigenvalue weighted by Gasteiger charge is 2.25. The number of ether oxygens (including phenoxy) is 1. The lowest BCUT2D eigenvalue weighted by molar-refractivity contribution is 0.0697. The fourth-order valence-electron chi connectivity index (χ4n) is 4.71. The van der Waals surface area contributed by atoms with E-state index >= 15 is 0 Å². The molecule has 5 aromatic rings. The Kier molecular flexibility index (Phi) is 5.57. The Balaban J connectivity index is 1.56. The fraction of sp³-hybridized carbons (Fsp3) is 0.231. The van der Waals surface area contributed by atoms with E-state index in [1.807, 2.05) is 30.3 Å². The number of hydrogen-bond donors (Lipinski definition) is 2. The zero-order valence-electron chi connectivity index (χ0n) is 19.4. The molecule has 2 N–H and O–H groups in total. The smallest absolute Gasteiger partial charge is 0.328 e. The van der Waals surface area contributed by atoms with Crippen LogP contribution in [0.25, 0.3) is 28.1 Å². The summed E-state index contributed by atoms with van der Waals surface area (Å²) >= 11 is 0. The first-order chi connectivity index (χ1) is 17.6. The van der Waals surface area contributed by atoms with Gasteiger partial charge in [0.05, 0.1) is 17.1 Å². The first-order valence-corrected chi connectivity index (χ1v) is 11.8. The largest absolute Gasteiger partial charge is 0.381 e. The molecule has 0 bridgehead atoms. The van der Waals surface area contributed by atoms with E-state index in [2.05, 4.69) is 21.9 Å². The molecule has 182 valence electrons. The van der Waals surface area contributed by atoms with E-state index in [-0.39, 0.29) is 29.5 Å². The van der Waals surface area contributed by atoms with E-state index in [0.717, 1.165) is 5.56 Å². The lowest BCUT2D eigenvalue weighted by Crippen LogP contribution is -2.27. The van der Waals surface area contributed by atoms with Gasteiger partial charge in [0.25, 0.3) is 0 Å². The zero-order valence-corrected chi connectivity index (χ0v) is 19.4. The minimum atomic E-state index is -0.389. The summed E-state index contributed by atoms with van der Waals surface area (Å²) in [6.45, 7) is 5.13. The van der Waals surface area contributed by atoms with Gasteiger partial charge >= 0.3 is 5.69 Å². The van der Waals surface area contributed by atoms with Gasteiger partial charge in [0.1, 0.15) is 17.7 Å². The summed E-state index contributed by atoms with van der Waals surface area (Å²) in [5.74, 6) is 0.318. The second-order valence-corrected chi connectivity index (χ2v) is 8.73. The molecular formula is C26H24FN7O2. The van der Waals surface area contributed by atoms with E-state index in [9.17, 15) is 9.18 Å². The number of halogens is 1. The van der Waals surface area contributed by atoms with Gasteiger partial charge in [0, 0.05) is 25.3 Å². The molecule has 2 aromatic carbocycles. The molecule has 0 amide bonds. The van der Waals surface area contributed by atoms with Gasteiger partial charge in [0.2, 0.25) is 5.95 Å². The normalized spacial score (nSPS) is 15.4. The molecule has 10 heteroatoms. The van der Waals surface area contributed by atoms with Crippen molar-refractivity contribution in [3.05, 3.63) is 89.4 Å². The summed E-state index contributed by atoms with van der Waals surface area (Å²) in [4.78, 5) is 30.0. The van der Waals surface area contributed by atoms with Crippen LogP contribution in [-0.4, -0.2) is 42.3 Å². The van der Waals surface area contributed by atoms with Crippen molar-refractivity contribution in [2.75, 3.05) is 18.5 Å². The molecule has 9 nitrogen and oxygen atoms in total. The van der Waals surface area contributed by atoms with Crippen LogP contribution in [0.3, 0.4) is 0 Å². The molecule has 1 aliphatic heterocycles. The third kappa shape index (κ3) is 3.85. The average molecular weight is 486 g/mol. The molecule has 36 heavy (non-hydrogen) atoms. The second kappa shape index (κ2) is 9.04. The maximum absolute atomic E-state index is 14.1. The molecule has 0 radical (unpaired) electrons. The highest BCUT2D eigenvalue weighted by Crippen LogP contribution is 2.29. The minimum Gasteiger partial charge on any atom is -0.381 e. The molecule has 0 spiro atoms. The minimum absolute atomic E-state index is 0.0584. The van der Waals surface area contributed by atoms with Crippen molar-refractivity contribution in [3.8, 4) is 5.95 Å². The topological polar surface area (TPSA) is 103 Å². The quantitative estimate of drug-likeness (QED) is 0.348. The predicted octanol–water partition coefficient (Wildman–Crippen LogP) is 4.29. The third-order valence-corrected chi connectivity index (χ3v) is 6.52. The fourth-order valence-corrected chi connectivity index (χ4v) is 4.71. The third-order valence-electron chi connectivity index (χ3n) is 6.52. The number of H-pyrrole nitrogens is 1. The Morgan fingerprint density at radius 1 is 1.17 bits per heavy atom. The standard InChI is InChI=1S/C26H24FN7O2/c1-2-19(16-6-4-3-5-7-16)29-23-22-24(34(26(35)30-22)18-10-12-36-13-11-18)32-25(31-23)33-15-28-20-9-8-17(27)14-21(20)33/h2-9,14-15,18-19H,1,10-13H2,(H,30,35)(H,29,31,32)/t19-/m0/s1. The predicted molar refractivity (Wildman–Crippen MR) is 135 cm³/mol. The molecular weight excluding hydrogens is 461 g/mol. The van der Waals surface area contributed by atoms with Crippen molar-refractivity contribution in [1.82, 2.24) is 29.1 Å².